The summed E-state index contributed by atoms with van der Waals surface area (Å²) in [5.41, 5.74) is 1.84. The summed E-state index contributed by atoms with van der Waals surface area (Å²) in [5, 5.41) is 0. The van der Waals surface area contributed by atoms with Crippen molar-refractivity contribution in [1.29, 1.82) is 0 Å². The van der Waals surface area contributed by atoms with Crippen LogP contribution in [0, 0.1) is 11.8 Å². The lowest BCUT2D eigenvalue weighted by atomic mass is 10.1. The van der Waals surface area contributed by atoms with Crippen LogP contribution in [0.4, 0.5) is 105 Å². The molecule has 0 aromatic carbocycles. The number of carbonyl (C=O) groups is 11. The van der Waals surface area contributed by atoms with Gasteiger partial charge in [0.25, 0.3) is 0 Å². The maximum atomic E-state index is 11.5. The number of allylic oxidation sites excluding steroid dienone is 4. The smallest absolute Gasteiger partial charge is 0.392 e. The SMILES string of the molecule is C1=CC2CCC1C2.C=C(C)C(=O)OCCC(F)(F)F.C=C(C)C(=O)OCCC(F)(F)F.C=C(C)C(=O)OCCC(F)(F)F.C=C(C)C(=O)OCCC(F)(F)F.C=C(C)C(=O)OCCN(C)C.C=CC(=C)C.C=CC(=O)OCCC(F)(F)F.C=CC(=O)OCCC(F)(F)F.C=CC(=O)OCCC(F)(F)F.C=CC(=O)OCCC(F)(F)F.O=C1C=CC(=O)O1. The van der Waals surface area contributed by atoms with Crippen LogP contribution >= 0.6 is 0 Å². The van der Waals surface area contributed by atoms with Gasteiger partial charge in [-0.1, -0.05) is 96.2 Å². The zero-order valence-electron chi connectivity index (χ0n) is 67.6. The summed E-state index contributed by atoms with van der Waals surface area (Å²) in [6, 6.07) is 0. The summed E-state index contributed by atoms with van der Waals surface area (Å²) >= 11 is 0. The van der Waals surface area contributed by atoms with Gasteiger partial charge in [0.2, 0.25) is 0 Å². The van der Waals surface area contributed by atoms with Gasteiger partial charge in [-0.15, -0.1) is 0 Å². The number of likely N-dealkylation sites (N-methyl/N-ethyl adjacent to an activating group) is 1. The molecule has 46 heteroatoms. The first-order chi connectivity index (χ1) is 55.2. The van der Waals surface area contributed by atoms with E-state index < -0.39 is 213 Å². The second-order valence-corrected chi connectivity index (χ2v) is 23.6. The third-order valence-electron chi connectivity index (χ3n) is 11.2. The van der Waals surface area contributed by atoms with Gasteiger partial charge >= 0.3 is 115 Å². The Kier molecular flexibility index (Phi) is 74.1. The Hall–Kier alpha value is -10.7. The summed E-state index contributed by atoms with van der Waals surface area (Å²) < 4.78 is 317. The Balaban J connectivity index is -0.000000164. The van der Waals surface area contributed by atoms with Crippen LogP contribution in [0.25, 0.3) is 0 Å². The second kappa shape index (κ2) is 69.9. The first kappa shape index (κ1) is 129. The Morgan fingerprint density at radius 1 is 0.328 bits per heavy atom. The molecule has 0 spiro atoms. The molecule has 1 fully saturated rings. The molecule has 122 heavy (non-hydrogen) atoms. The number of nitrogens with zero attached hydrogens (tertiary/aromatic N) is 1. The predicted octanol–water partition coefficient (Wildman–Crippen LogP) is 18.9. The zero-order valence-corrected chi connectivity index (χ0v) is 67.6. The lowest BCUT2D eigenvalue weighted by Crippen LogP contribution is -2.20. The summed E-state index contributed by atoms with van der Waals surface area (Å²) in [4.78, 5) is 115. The van der Waals surface area contributed by atoms with E-state index in [1.165, 1.54) is 47.0 Å². The molecule has 1 aliphatic heterocycles. The monoisotopic (exact) mass is 1820 g/mol. The first-order valence-corrected chi connectivity index (χ1v) is 34.1. The summed E-state index contributed by atoms with van der Waals surface area (Å²) in [6.07, 6.45) is -26.8. The van der Waals surface area contributed by atoms with Crippen molar-refractivity contribution in [2.45, 2.75) is 162 Å². The molecule has 0 N–H and O–H groups in total. The molecule has 3 rings (SSSR count). The van der Waals surface area contributed by atoms with Crippen LogP contribution in [0.1, 0.15) is 112 Å². The van der Waals surface area contributed by atoms with Crippen LogP contribution in [-0.2, 0) is 100 Å². The van der Waals surface area contributed by atoms with Crippen molar-refractivity contribution in [3.05, 3.63) is 160 Å². The van der Waals surface area contributed by atoms with E-state index in [0.717, 1.165) is 60.4 Å². The number of hydrogen-bond donors (Lipinski definition) is 0. The minimum atomic E-state index is -4.28. The molecule has 2 bridgehead atoms. The van der Waals surface area contributed by atoms with Gasteiger partial charge in [-0.3, -0.25) is 0 Å². The van der Waals surface area contributed by atoms with Gasteiger partial charge < -0.3 is 52.3 Å². The van der Waals surface area contributed by atoms with E-state index in [9.17, 15) is 158 Å². The van der Waals surface area contributed by atoms with E-state index in [4.69, 9.17) is 4.74 Å². The largest absolute Gasteiger partial charge is 0.462 e. The molecular weight excluding hydrogens is 1720 g/mol. The standard InChI is InChI=1S/C8H15NO2.4C7H9F3O2.C7H10.4C6H7F3O2.C5H8.C4H2O3/c1-7(2)8(10)11-6-5-9(3)4;4*1-5(2)6(11)12-4-3-7(8,9)10;1-2-7-4-3-6(1)5-7;4*1-2-5(10)11-4-3-6(7,8)9;1-4-5(2)3;5-3-1-2-4(6)7-3/h1,5-6H2,2-4H3;4*1,3-4H2,2H3;1-2,6-7H,3-5H2;4*2H,1,3-4H2;4H,1-2H2,3H3;1-2H. The third-order valence-corrected chi connectivity index (χ3v) is 11.2. The number of halogens is 24. The van der Waals surface area contributed by atoms with Crippen LogP contribution in [0.15, 0.2) is 160 Å². The molecule has 1 heterocycles. The van der Waals surface area contributed by atoms with Crippen molar-refractivity contribution in [3.8, 4) is 0 Å². The van der Waals surface area contributed by atoms with Crippen LogP contribution in [0.3, 0.4) is 0 Å². The quantitative estimate of drug-likeness (QED) is 0.0128. The van der Waals surface area contributed by atoms with Crippen LogP contribution < -0.4 is 0 Å². The van der Waals surface area contributed by atoms with Gasteiger partial charge in [-0.2, -0.15) is 105 Å². The molecule has 0 amide bonds. The number of fused-ring (bicyclic) bond motifs is 2. The lowest BCUT2D eigenvalue weighted by molar-refractivity contribution is -0.157. The van der Waals surface area contributed by atoms with Crippen molar-refractivity contribution < 1.29 is 205 Å². The van der Waals surface area contributed by atoms with Gasteiger partial charge in [-0.05, 0) is 86.7 Å². The van der Waals surface area contributed by atoms with E-state index >= 15 is 0 Å². The fraction of sp³-hybridized carbons (Fsp3) is 0.513. The van der Waals surface area contributed by atoms with Crippen molar-refractivity contribution in [3.63, 3.8) is 0 Å². The molecule has 1 saturated carbocycles. The first-order valence-electron chi connectivity index (χ1n) is 34.1. The van der Waals surface area contributed by atoms with E-state index in [-0.39, 0.29) is 28.3 Å². The van der Waals surface area contributed by atoms with E-state index in [1.54, 1.807) is 13.0 Å². The highest BCUT2D eigenvalue weighted by molar-refractivity contribution is 6.05. The summed E-state index contributed by atoms with van der Waals surface area (Å²) in [7, 11) is 3.85. The average molecular weight is 1820 g/mol. The molecule has 2 unspecified atom stereocenters. The Labute approximate surface area is 688 Å². The Morgan fingerprint density at radius 3 is 0.590 bits per heavy atom. The van der Waals surface area contributed by atoms with Gasteiger partial charge in [-0.25, -0.2) is 52.7 Å². The molecule has 0 aromatic heterocycles. The van der Waals surface area contributed by atoms with Crippen LogP contribution in [0.2, 0.25) is 0 Å². The number of rotatable bonds is 29. The van der Waals surface area contributed by atoms with Gasteiger partial charge in [0.1, 0.15) is 59.5 Å². The lowest BCUT2D eigenvalue weighted by Gasteiger charge is -2.09. The molecular formula is C76H99F24NO21. The second-order valence-electron chi connectivity index (χ2n) is 23.6. The molecule has 2 aliphatic carbocycles. The highest BCUT2D eigenvalue weighted by atomic mass is 19.4. The number of carbonyl (C=O) groups excluding carboxylic acids is 11. The molecule has 2 atom stereocenters. The molecule has 0 aromatic rings. The number of cyclic esters (lactones) is 2. The average Bonchev–Trinajstić information content (AvgIpc) is 1.73. The molecule has 3 aliphatic rings. The van der Waals surface area contributed by atoms with Gasteiger partial charge in [0.05, 0.1) is 51.4 Å². The number of esters is 11. The summed E-state index contributed by atoms with van der Waals surface area (Å²) in [6.45, 7) is 40.5. The Bertz CT molecular complexity index is 3000. The minimum absolute atomic E-state index is 0.0946. The number of alkyl halides is 24. The van der Waals surface area contributed by atoms with Crippen molar-refractivity contribution in [2.75, 3.05) is 80.1 Å². The molecule has 0 radical (unpaired) electrons. The summed E-state index contributed by atoms with van der Waals surface area (Å²) in [5.74, 6) is -6.01. The topological polar surface area (TPSA) is 283 Å². The van der Waals surface area contributed by atoms with Crippen molar-refractivity contribution in [1.82, 2.24) is 4.90 Å². The van der Waals surface area contributed by atoms with E-state index in [2.05, 4.69) is 127 Å². The van der Waals surface area contributed by atoms with E-state index in [0.29, 0.717) is 12.2 Å². The highest BCUT2D eigenvalue weighted by Crippen LogP contribution is 2.38. The molecule has 22 nitrogen and oxygen atoms in total. The van der Waals surface area contributed by atoms with Crippen LogP contribution in [-0.4, -0.2) is 200 Å². The van der Waals surface area contributed by atoms with Crippen molar-refractivity contribution >= 4 is 65.7 Å². The number of ether oxygens (including phenoxy) is 10. The highest BCUT2D eigenvalue weighted by Gasteiger charge is 2.33. The van der Waals surface area contributed by atoms with E-state index in [1.807, 2.05) is 25.9 Å². The Morgan fingerprint density at radius 2 is 0.492 bits per heavy atom. The van der Waals surface area contributed by atoms with Gasteiger partial charge in [0, 0.05) is 70.9 Å². The molecule has 702 valence electrons. The zero-order chi connectivity index (χ0) is 97.8. The fourth-order valence-electron chi connectivity index (χ4n) is 5.30. The minimum Gasteiger partial charge on any atom is -0.462 e. The predicted molar refractivity (Wildman–Crippen MR) is 393 cm³/mol. The third kappa shape index (κ3) is 118. The molecule has 0 saturated heterocycles. The number of hydrogen-bond acceptors (Lipinski definition) is 22. The maximum absolute atomic E-state index is 11.5. The maximum Gasteiger partial charge on any atom is 0.392 e. The fourth-order valence-corrected chi connectivity index (χ4v) is 5.30. The van der Waals surface area contributed by atoms with Gasteiger partial charge in [0.15, 0.2) is 0 Å². The van der Waals surface area contributed by atoms with Crippen molar-refractivity contribution in [2.24, 2.45) is 11.8 Å². The van der Waals surface area contributed by atoms with Crippen LogP contribution in [0.5, 0.6) is 0 Å². The normalized spacial score (nSPS) is 13.0.